The van der Waals surface area contributed by atoms with Gasteiger partial charge in [0, 0.05) is 44.0 Å². The fraction of sp³-hybridized carbons (Fsp3) is 0.464. The first-order valence-electron chi connectivity index (χ1n) is 12.4. The summed E-state index contributed by atoms with van der Waals surface area (Å²) in [6, 6.07) is 12.6. The fourth-order valence-corrected chi connectivity index (χ4v) is 4.99. The predicted molar refractivity (Wildman–Crippen MR) is 129 cm³/mol. The van der Waals surface area contributed by atoms with E-state index < -0.39 is 0 Å². The van der Waals surface area contributed by atoms with Gasteiger partial charge in [-0.3, -0.25) is 14.4 Å². The number of Topliss-reactive ketones (excluding diaryl/α,β-unsaturated/α-hetero) is 1. The second-order valence-corrected chi connectivity index (χ2v) is 9.40. The molecule has 5 nitrogen and oxygen atoms in total. The molecule has 0 bridgehead atoms. The number of carbonyl (C=O) groups is 3. The molecule has 1 N–H and O–H groups in total. The van der Waals surface area contributed by atoms with Crippen molar-refractivity contribution in [3.63, 3.8) is 0 Å². The van der Waals surface area contributed by atoms with E-state index in [4.69, 9.17) is 0 Å². The van der Waals surface area contributed by atoms with Gasteiger partial charge in [-0.2, -0.15) is 0 Å². The molecule has 6 heteroatoms. The molecular weight excluding hydrogens is 431 g/mol. The topological polar surface area (TPSA) is 66.5 Å². The number of piperidine rings is 1. The van der Waals surface area contributed by atoms with E-state index in [2.05, 4.69) is 11.4 Å². The summed E-state index contributed by atoms with van der Waals surface area (Å²) in [5.41, 5.74) is 3.92. The van der Waals surface area contributed by atoms with Gasteiger partial charge in [0.1, 0.15) is 5.82 Å². The average molecular weight is 465 g/mol. The van der Waals surface area contributed by atoms with Crippen LogP contribution in [0.1, 0.15) is 65.6 Å². The molecule has 0 spiro atoms. The number of carbonyl (C=O) groups excluding carboxylic acids is 3. The van der Waals surface area contributed by atoms with Gasteiger partial charge in [-0.25, -0.2) is 4.39 Å². The van der Waals surface area contributed by atoms with Crippen LogP contribution < -0.4 is 5.32 Å². The van der Waals surface area contributed by atoms with Gasteiger partial charge in [0.05, 0.1) is 0 Å². The van der Waals surface area contributed by atoms with Crippen molar-refractivity contribution in [2.24, 2.45) is 5.92 Å². The average Bonchev–Trinajstić information content (AvgIpc) is 2.88. The van der Waals surface area contributed by atoms with E-state index in [1.807, 2.05) is 12.1 Å². The van der Waals surface area contributed by atoms with E-state index in [0.717, 1.165) is 12.8 Å². The van der Waals surface area contributed by atoms with Crippen LogP contribution in [0.3, 0.4) is 0 Å². The van der Waals surface area contributed by atoms with Gasteiger partial charge in [0.2, 0.25) is 11.8 Å². The van der Waals surface area contributed by atoms with Gasteiger partial charge in [0.25, 0.3) is 0 Å². The number of nitrogens with zero attached hydrogens (tertiary/aromatic N) is 1. The zero-order valence-corrected chi connectivity index (χ0v) is 19.7. The van der Waals surface area contributed by atoms with Crippen molar-refractivity contribution in [1.82, 2.24) is 10.2 Å². The fourth-order valence-electron chi connectivity index (χ4n) is 4.99. The number of hydrogen-bond acceptors (Lipinski definition) is 3. The summed E-state index contributed by atoms with van der Waals surface area (Å²) in [7, 11) is 0. The molecule has 2 aromatic carbocycles. The zero-order valence-electron chi connectivity index (χ0n) is 19.7. The summed E-state index contributed by atoms with van der Waals surface area (Å²) in [5.74, 6) is -0.433. The van der Waals surface area contributed by atoms with Gasteiger partial charge < -0.3 is 10.2 Å². The van der Waals surface area contributed by atoms with E-state index in [1.54, 1.807) is 23.1 Å². The molecule has 0 unspecified atom stereocenters. The minimum absolute atomic E-state index is 0.0193. The van der Waals surface area contributed by atoms with Crippen LogP contribution >= 0.6 is 0 Å². The first kappa shape index (κ1) is 24.1. The summed E-state index contributed by atoms with van der Waals surface area (Å²) in [6.07, 6.45) is 6.58. The monoisotopic (exact) mass is 464 g/mol. The number of fused-ring (bicyclic) bond motifs is 1. The largest absolute Gasteiger partial charge is 0.356 e. The Hall–Kier alpha value is -3.02. The second kappa shape index (κ2) is 11.4. The molecule has 0 radical (unpaired) electrons. The van der Waals surface area contributed by atoms with Gasteiger partial charge in [-0.1, -0.05) is 30.3 Å². The molecule has 2 amide bonds. The Kier molecular flexibility index (Phi) is 8.09. The number of likely N-dealkylation sites (tertiary alicyclic amines) is 1. The second-order valence-electron chi connectivity index (χ2n) is 9.40. The van der Waals surface area contributed by atoms with Crippen molar-refractivity contribution < 1.29 is 18.8 Å². The molecule has 1 aliphatic heterocycles. The third-order valence-corrected chi connectivity index (χ3v) is 7.11. The zero-order chi connectivity index (χ0) is 23.9. The van der Waals surface area contributed by atoms with Gasteiger partial charge in [0.15, 0.2) is 5.78 Å². The number of rotatable bonds is 8. The molecule has 0 saturated carbocycles. The summed E-state index contributed by atoms with van der Waals surface area (Å²) < 4.78 is 13.7. The van der Waals surface area contributed by atoms with Crippen molar-refractivity contribution in [3.05, 3.63) is 70.5 Å². The van der Waals surface area contributed by atoms with Crippen LogP contribution in [0.2, 0.25) is 0 Å². The summed E-state index contributed by atoms with van der Waals surface area (Å²) in [4.78, 5) is 39.5. The number of ketones is 1. The first-order valence-corrected chi connectivity index (χ1v) is 12.4. The summed E-state index contributed by atoms with van der Waals surface area (Å²) in [6.45, 7) is 1.44. The van der Waals surface area contributed by atoms with E-state index in [9.17, 15) is 18.8 Å². The molecule has 1 saturated heterocycles. The van der Waals surface area contributed by atoms with Crippen LogP contribution in [0.5, 0.6) is 0 Å². The third-order valence-electron chi connectivity index (χ3n) is 7.11. The normalized spacial score (nSPS) is 16.1. The smallest absolute Gasteiger partial charge is 0.223 e. The summed E-state index contributed by atoms with van der Waals surface area (Å²) >= 11 is 0. The Morgan fingerprint density at radius 1 is 0.941 bits per heavy atom. The van der Waals surface area contributed by atoms with Crippen molar-refractivity contribution in [1.29, 1.82) is 0 Å². The number of hydrogen-bond donors (Lipinski definition) is 1. The van der Waals surface area contributed by atoms with Crippen molar-refractivity contribution in [2.45, 2.75) is 57.8 Å². The molecule has 1 heterocycles. The van der Waals surface area contributed by atoms with Gasteiger partial charge >= 0.3 is 0 Å². The standard InChI is InChI=1S/C28H33FN2O3/c29-25-8-4-3-6-21(25)13-16-30-28(34)22-14-17-31(18-15-22)27(33)12-11-26(32)24-10-9-20-5-1-2-7-23(20)19-24/h3-4,6,8-10,19,22H,1-2,5,7,11-18H2,(H,30,34). The maximum Gasteiger partial charge on any atom is 0.223 e. The number of amides is 2. The van der Waals surface area contributed by atoms with Crippen LogP contribution in [0.15, 0.2) is 42.5 Å². The Morgan fingerprint density at radius 2 is 1.68 bits per heavy atom. The van der Waals surface area contributed by atoms with Crippen LogP contribution in [0.25, 0.3) is 0 Å². The van der Waals surface area contributed by atoms with E-state index >= 15 is 0 Å². The minimum Gasteiger partial charge on any atom is -0.356 e. The van der Waals surface area contributed by atoms with Crippen molar-refractivity contribution >= 4 is 17.6 Å². The highest BCUT2D eigenvalue weighted by atomic mass is 19.1. The lowest BCUT2D eigenvalue weighted by atomic mass is 9.89. The highest BCUT2D eigenvalue weighted by Crippen LogP contribution is 2.23. The molecule has 0 aromatic heterocycles. The van der Waals surface area contributed by atoms with E-state index in [0.29, 0.717) is 50.0 Å². The Balaban J connectivity index is 1.17. The maximum absolute atomic E-state index is 13.7. The quantitative estimate of drug-likeness (QED) is 0.594. The van der Waals surface area contributed by atoms with Crippen LogP contribution in [0, 0.1) is 11.7 Å². The molecular formula is C28H33FN2O3. The third kappa shape index (κ3) is 6.10. The van der Waals surface area contributed by atoms with E-state index in [-0.39, 0.29) is 42.2 Å². The van der Waals surface area contributed by atoms with Crippen LogP contribution in [-0.2, 0) is 28.9 Å². The number of aryl methyl sites for hydroxylation is 2. The van der Waals surface area contributed by atoms with E-state index in [1.165, 1.54) is 30.0 Å². The lowest BCUT2D eigenvalue weighted by molar-refractivity contribution is -0.135. The maximum atomic E-state index is 13.7. The first-order chi connectivity index (χ1) is 16.5. The highest BCUT2D eigenvalue weighted by Gasteiger charge is 2.27. The molecule has 2 aliphatic rings. The Labute approximate surface area is 200 Å². The molecule has 180 valence electrons. The Bertz CT molecular complexity index is 1040. The molecule has 4 rings (SSSR count). The Morgan fingerprint density at radius 3 is 2.44 bits per heavy atom. The molecule has 2 aromatic rings. The highest BCUT2D eigenvalue weighted by molar-refractivity contribution is 5.98. The lowest BCUT2D eigenvalue weighted by Gasteiger charge is -2.31. The number of halogens is 1. The molecule has 1 fully saturated rings. The van der Waals surface area contributed by atoms with Crippen molar-refractivity contribution in [3.8, 4) is 0 Å². The van der Waals surface area contributed by atoms with Crippen LogP contribution in [0.4, 0.5) is 4.39 Å². The predicted octanol–water partition coefficient (Wildman–Crippen LogP) is 4.26. The number of nitrogens with one attached hydrogen (secondary N) is 1. The van der Waals surface area contributed by atoms with Gasteiger partial charge in [-0.05, 0) is 73.8 Å². The molecule has 0 atom stereocenters. The van der Waals surface area contributed by atoms with Gasteiger partial charge in [-0.15, -0.1) is 0 Å². The SMILES string of the molecule is O=C(CCC(=O)N1CCC(C(=O)NCCc2ccccc2F)CC1)c1ccc2c(c1)CCCC2. The molecule has 1 aliphatic carbocycles. The van der Waals surface area contributed by atoms with Crippen LogP contribution in [-0.4, -0.2) is 42.1 Å². The lowest BCUT2D eigenvalue weighted by Crippen LogP contribution is -2.43. The minimum atomic E-state index is -0.256. The van der Waals surface area contributed by atoms with Crippen molar-refractivity contribution in [2.75, 3.05) is 19.6 Å². The number of benzene rings is 2. The summed E-state index contributed by atoms with van der Waals surface area (Å²) in [5, 5.41) is 2.90. The molecule has 34 heavy (non-hydrogen) atoms.